The van der Waals surface area contributed by atoms with Crippen LogP contribution < -0.4 is 10.1 Å². The van der Waals surface area contributed by atoms with Gasteiger partial charge >= 0.3 is 6.03 Å². The van der Waals surface area contributed by atoms with Crippen molar-refractivity contribution in [2.45, 2.75) is 12.8 Å². The first-order valence-corrected chi connectivity index (χ1v) is 10.2. The van der Waals surface area contributed by atoms with Crippen molar-refractivity contribution in [3.63, 3.8) is 0 Å². The van der Waals surface area contributed by atoms with Crippen LogP contribution in [-0.4, -0.2) is 61.0 Å². The second-order valence-corrected chi connectivity index (χ2v) is 8.10. The Labute approximate surface area is 173 Å². The van der Waals surface area contributed by atoms with Crippen LogP contribution in [0.15, 0.2) is 23.6 Å². The minimum Gasteiger partial charge on any atom is -0.495 e. The number of piperidine rings is 1. The van der Waals surface area contributed by atoms with Crippen molar-refractivity contribution in [2.75, 3.05) is 39.6 Å². The van der Waals surface area contributed by atoms with Crippen LogP contribution in [0.5, 0.6) is 5.75 Å². The number of methoxy groups -OCH3 is 1. The molecule has 2 aromatic rings. The Bertz CT molecular complexity index is 871. The van der Waals surface area contributed by atoms with Gasteiger partial charge in [0, 0.05) is 38.1 Å². The van der Waals surface area contributed by atoms with Crippen molar-refractivity contribution >= 4 is 40.0 Å². The first kappa shape index (κ1) is 20.4. The van der Waals surface area contributed by atoms with Crippen molar-refractivity contribution in [1.29, 1.82) is 0 Å². The second kappa shape index (κ2) is 8.79. The summed E-state index contributed by atoms with van der Waals surface area (Å²) in [6.07, 6.45) is 1.57. The third kappa shape index (κ3) is 4.56. The van der Waals surface area contributed by atoms with Crippen molar-refractivity contribution in [1.82, 2.24) is 14.8 Å². The SMILES string of the molecule is COc1ccc(-c2csc(NC(=O)[C@H]3CCCN(C(=O)N(C)C)C3)n2)cc1Cl. The minimum absolute atomic E-state index is 0.0644. The molecule has 1 aromatic heterocycles. The summed E-state index contributed by atoms with van der Waals surface area (Å²) in [5, 5.41) is 5.79. The number of ether oxygens (including phenoxy) is 1. The first-order chi connectivity index (χ1) is 13.4. The summed E-state index contributed by atoms with van der Waals surface area (Å²) in [5.41, 5.74) is 1.58. The zero-order valence-electron chi connectivity index (χ0n) is 16.1. The molecule has 0 unspecified atom stereocenters. The summed E-state index contributed by atoms with van der Waals surface area (Å²) in [6.45, 7) is 1.11. The number of aromatic nitrogens is 1. The molecule has 0 bridgehead atoms. The highest BCUT2D eigenvalue weighted by atomic mass is 35.5. The fourth-order valence-corrected chi connectivity index (χ4v) is 4.12. The molecule has 1 saturated heterocycles. The van der Waals surface area contributed by atoms with Gasteiger partial charge in [0.2, 0.25) is 5.91 Å². The highest BCUT2D eigenvalue weighted by molar-refractivity contribution is 7.14. The molecule has 1 aliphatic heterocycles. The van der Waals surface area contributed by atoms with Gasteiger partial charge in [0.1, 0.15) is 5.75 Å². The first-order valence-electron chi connectivity index (χ1n) is 8.95. The smallest absolute Gasteiger partial charge is 0.319 e. The molecule has 0 saturated carbocycles. The van der Waals surface area contributed by atoms with E-state index < -0.39 is 0 Å². The fourth-order valence-electron chi connectivity index (χ4n) is 3.14. The number of nitrogens with zero attached hydrogens (tertiary/aromatic N) is 3. The Hall–Kier alpha value is -2.32. The molecule has 9 heteroatoms. The lowest BCUT2D eigenvalue weighted by atomic mass is 9.97. The van der Waals surface area contributed by atoms with E-state index in [2.05, 4.69) is 10.3 Å². The Morgan fingerprint density at radius 3 is 2.86 bits per heavy atom. The van der Waals surface area contributed by atoms with Gasteiger partial charge in [0.05, 0.1) is 23.7 Å². The number of nitrogens with one attached hydrogen (secondary N) is 1. The topological polar surface area (TPSA) is 74.8 Å². The van der Waals surface area contributed by atoms with E-state index in [-0.39, 0.29) is 17.9 Å². The minimum atomic E-state index is -0.236. The molecule has 0 radical (unpaired) electrons. The summed E-state index contributed by atoms with van der Waals surface area (Å²) in [7, 11) is 5.00. The quantitative estimate of drug-likeness (QED) is 0.813. The number of hydrogen-bond acceptors (Lipinski definition) is 5. The molecule has 1 aromatic carbocycles. The van der Waals surface area contributed by atoms with Gasteiger partial charge in [0.25, 0.3) is 0 Å². The van der Waals surface area contributed by atoms with E-state index in [1.807, 2.05) is 11.4 Å². The monoisotopic (exact) mass is 422 g/mol. The number of hydrogen-bond donors (Lipinski definition) is 1. The predicted octanol–water partition coefficient (Wildman–Crippen LogP) is 3.80. The maximum absolute atomic E-state index is 12.7. The number of thiazole rings is 1. The molecule has 1 fully saturated rings. The number of rotatable bonds is 4. The van der Waals surface area contributed by atoms with E-state index in [4.69, 9.17) is 16.3 Å². The molecular weight excluding hydrogens is 400 g/mol. The lowest BCUT2D eigenvalue weighted by Crippen LogP contribution is -2.47. The van der Waals surface area contributed by atoms with E-state index in [1.165, 1.54) is 16.2 Å². The largest absolute Gasteiger partial charge is 0.495 e. The van der Waals surface area contributed by atoms with Crippen LogP contribution in [0.1, 0.15) is 12.8 Å². The molecule has 3 amide bonds. The summed E-state index contributed by atoms with van der Waals surface area (Å²) in [6, 6.07) is 5.38. The number of carbonyl (C=O) groups is 2. The number of benzene rings is 1. The van der Waals surface area contributed by atoms with E-state index in [1.54, 1.807) is 38.2 Å². The third-order valence-electron chi connectivity index (χ3n) is 4.63. The van der Waals surface area contributed by atoms with Crippen LogP contribution in [0.25, 0.3) is 11.3 Å². The Morgan fingerprint density at radius 1 is 1.39 bits per heavy atom. The summed E-state index contributed by atoms with van der Waals surface area (Å²) in [4.78, 5) is 32.6. The van der Waals surface area contributed by atoms with Crippen LogP contribution in [-0.2, 0) is 4.79 Å². The summed E-state index contributed by atoms with van der Waals surface area (Å²) < 4.78 is 5.16. The number of anilines is 1. The fraction of sp³-hybridized carbons (Fsp3) is 0.421. The van der Waals surface area contributed by atoms with E-state index in [0.717, 1.165) is 24.1 Å². The van der Waals surface area contributed by atoms with E-state index in [9.17, 15) is 9.59 Å². The standard InChI is InChI=1S/C19H23ClN4O3S/c1-23(2)19(26)24-8-4-5-13(10-24)17(25)22-18-21-15(11-28-18)12-6-7-16(27-3)14(20)9-12/h6-7,9,11,13H,4-5,8,10H2,1-3H3,(H,21,22,25)/t13-/m0/s1. The van der Waals surface area contributed by atoms with Crippen LogP contribution in [0.2, 0.25) is 5.02 Å². The molecule has 7 nitrogen and oxygen atoms in total. The van der Waals surface area contributed by atoms with Gasteiger partial charge in [-0.05, 0) is 31.0 Å². The summed E-state index contributed by atoms with van der Waals surface area (Å²) in [5.74, 6) is 0.258. The highest BCUT2D eigenvalue weighted by Crippen LogP contribution is 2.32. The van der Waals surface area contributed by atoms with Gasteiger partial charge in [-0.3, -0.25) is 4.79 Å². The molecule has 1 N–H and O–H groups in total. The van der Waals surface area contributed by atoms with E-state index in [0.29, 0.717) is 29.0 Å². The van der Waals surface area contributed by atoms with Gasteiger partial charge < -0.3 is 19.9 Å². The molecule has 2 heterocycles. The van der Waals surface area contributed by atoms with Gasteiger partial charge in [-0.15, -0.1) is 11.3 Å². The van der Waals surface area contributed by atoms with Crippen molar-refractivity contribution in [3.05, 3.63) is 28.6 Å². The van der Waals surface area contributed by atoms with E-state index >= 15 is 0 Å². The van der Waals surface area contributed by atoms with Crippen LogP contribution >= 0.6 is 22.9 Å². The number of urea groups is 1. The third-order valence-corrected chi connectivity index (χ3v) is 5.68. The van der Waals surface area contributed by atoms with Crippen molar-refractivity contribution in [2.24, 2.45) is 5.92 Å². The van der Waals surface area contributed by atoms with Gasteiger partial charge in [0.15, 0.2) is 5.13 Å². The van der Waals surface area contributed by atoms with Crippen molar-refractivity contribution < 1.29 is 14.3 Å². The Kier molecular flexibility index (Phi) is 6.41. The molecule has 1 aliphatic rings. The van der Waals surface area contributed by atoms with Crippen LogP contribution in [0, 0.1) is 5.92 Å². The molecule has 28 heavy (non-hydrogen) atoms. The lowest BCUT2D eigenvalue weighted by molar-refractivity contribution is -0.121. The molecule has 3 rings (SSSR count). The van der Waals surface area contributed by atoms with Crippen molar-refractivity contribution in [3.8, 4) is 17.0 Å². The lowest BCUT2D eigenvalue weighted by Gasteiger charge is -2.33. The zero-order valence-corrected chi connectivity index (χ0v) is 17.6. The second-order valence-electron chi connectivity index (χ2n) is 6.84. The normalized spacial score (nSPS) is 16.6. The maximum Gasteiger partial charge on any atom is 0.319 e. The number of carbonyl (C=O) groups excluding carboxylic acids is 2. The van der Waals surface area contributed by atoms with Crippen LogP contribution in [0.4, 0.5) is 9.93 Å². The molecular formula is C19H23ClN4O3S. The Balaban J connectivity index is 1.65. The van der Waals surface area contributed by atoms with Gasteiger partial charge in [-0.2, -0.15) is 0 Å². The predicted molar refractivity (Wildman–Crippen MR) is 111 cm³/mol. The number of halogens is 1. The average molecular weight is 423 g/mol. The molecule has 0 aliphatic carbocycles. The van der Waals surface area contributed by atoms with Gasteiger partial charge in [-0.1, -0.05) is 11.6 Å². The van der Waals surface area contributed by atoms with Crippen LogP contribution in [0.3, 0.4) is 0 Å². The summed E-state index contributed by atoms with van der Waals surface area (Å²) >= 11 is 7.54. The number of likely N-dealkylation sites (tertiary alicyclic amines) is 1. The molecule has 150 valence electrons. The maximum atomic E-state index is 12.7. The Morgan fingerprint density at radius 2 is 2.18 bits per heavy atom. The molecule has 0 spiro atoms. The molecule has 1 atom stereocenters. The number of amides is 3. The highest BCUT2D eigenvalue weighted by Gasteiger charge is 2.29. The average Bonchev–Trinajstić information content (AvgIpc) is 3.15. The zero-order chi connectivity index (χ0) is 20.3. The van der Waals surface area contributed by atoms with Gasteiger partial charge in [-0.25, -0.2) is 9.78 Å².